The van der Waals surface area contributed by atoms with Crippen molar-refractivity contribution in [3.63, 3.8) is 0 Å². The Kier molecular flexibility index (Phi) is 4.26. The highest BCUT2D eigenvalue weighted by molar-refractivity contribution is 5.21. The molecule has 0 aliphatic carbocycles. The number of hydrogen-bond acceptors (Lipinski definition) is 1. The molecular weight excluding hydrogens is 171 g/mol. The van der Waals surface area contributed by atoms with Gasteiger partial charge in [-0.1, -0.05) is 0 Å². The van der Waals surface area contributed by atoms with Gasteiger partial charge in [-0.05, 0) is 37.1 Å². The summed E-state index contributed by atoms with van der Waals surface area (Å²) in [6.07, 6.45) is 1.38. The van der Waals surface area contributed by atoms with E-state index in [0.717, 1.165) is 6.42 Å². The Bertz CT molecular complexity index is 233. The Morgan fingerprint density at radius 1 is 1.15 bits per heavy atom. The van der Waals surface area contributed by atoms with Crippen molar-refractivity contribution in [1.29, 1.82) is 0 Å². The second-order valence-corrected chi connectivity index (χ2v) is 2.71. The minimum Gasteiger partial charge on any atom is -0.494 e. The quantitative estimate of drug-likeness (QED) is 0.644. The van der Waals surface area contributed by atoms with Crippen molar-refractivity contribution in [2.75, 3.05) is 13.2 Å². The molecule has 0 atom stereocenters. The fourth-order valence-corrected chi connectivity index (χ4v) is 0.925. The summed E-state index contributed by atoms with van der Waals surface area (Å²) in [6, 6.07) is 5.85. The molecule has 0 saturated heterocycles. The van der Waals surface area contributed by atoms with Crippen LogP contribution in [0.4, 0.5) is 4.39 Å². The van der Waals surface area contributed by atoms with E-state index in [1.54, 1.807) is 12.1 Å². The molecule has 0 heterocycles. The van der Waals surface area contributed by atoms with Crippen molar-refractivity contribution in [2.24, 2.45) is 0 Å². The van der Waals surface area contributed by atoms with E-state index >= 15 is 0 Å². The van der Waals surface area contributed by atoms with Crippen LogP contribution in [-0.4, -0.2) is 13.2 Å². The average molecular weight is 183 g/mol. The number of ether oxygens (including phenoxy) is 1. The van der Waals surface area contributed by atoms with Gasteiger partial charge in [0.15, 0.2) is 0 Å². The molecule has 0 unspecified atom stereocenters. The van der Waals surface area contributed by atoms with Gasteiger partial charge in [0.2, 0.25) is 0 Å². The Balaban J connectivity index is 2.25. The molecule has 0 amide bonds. The van der Waals surface area contributed by atoms with Crippen LogP contribution in [0.1, 0.15) is 12.8 Å². The van der Waals surface area contributed by atoms with E-state index in [9.17, 15) is 9.50 Å². The smallest absolute Gasteiger partial charge is 0.123 e. The van der Waals surface area contributed by atoms with Gasteiger partial charge in [0.25, 0.3) is 0 Å². The molecule has 0 saturated carbocycles. The summed E-state index contributed by atoms with van der Waals surface area (Å²) < 4.78 is 17.7. The first-order valence-electron chi connectivity index (χ1n) is 4.29. The summed E-state index contributed by atoms with van der Waals surface area (Å²) in [7, 11) is 0. The van der Waals surface area contributed by atoms with Gasteiger partial charge >= 0.3 is 0 Å². The third kappa shape index (κ3) is 3.90. The number of unbranched alkanes of at least 4 members (excludes halogenated alkanes) is 1. The zero-order valence-electron chi connectivity index (χ0n) is 7.33. The molecule has 0 aliphatic heterocycles. The van der Waals surface area contributed by atoms with Gasteiger partial charge in [-0.3, -0.25) is 0 Å². The monoisotopic (exact) mass is 183 g/mol. The third-order valence-electron chi connectivity index (χ3n) is 1.62. The molecule has 0 aliphatic rings. The van der Waals surface area contributed by atoms with Crippen LogP contribution < -0.4 is 4.74 Å². The lowest BCUT2D eigenvalue weighted by Crippen LogP contribution is -1.98. The predicted octanol–water partition coefficient (Wildman–Crippen LogP) is 2.42. The SMILES string of the molecule is [O]CCCCOc1ccc(F)cc1. The van der Waals surface area contributed by atoms with Crippen molar-refractivity contribution in [3.05, 3.63) is 30.1 Å². The highest BCUT2D eigenvalue weighted by Crippen LogP contribution is 2.11. The first-order valence-corrected chi connectivity index (χ1v) is 4.29. The molecule has 0 fully saturated rings. The van der Waals surface area contributed by atoms with Crippen LogP contribution in [0, 0.1) is 5.82 Å². The van der Waals surface area contributed by atoms with Crippen molar-refractivity contribution in [2.45, 2.75) is 12.8 Å². The van der Waals surface area contributed by atoms with Crippen LogP contribution in [0.3, 0.4) is 0 Å². The summed E-state index contributed by atoms with van der Waals surface area (Å²) in [5.41, 5.74) is 0. The standard InChI is InChI=1S/C10H12FO2/c11-9-3-5-10(6-4-9)13-8-2-1-7-12/h3-6H,1-2,7-8H2. The average Bonchev–Trinajstić information content (AvgIpc) is 2.15. The minimum atomic E-state index is -0.271. The van der Waals surface area contributed by atoms with Gasteiger partial charge in [0.05, 0.1) is 13.2 Å². The van der Waals surface area contributed by atoms with Gasteiger partial charge in [-0.25, -0.2) is 9.50 Å². The Labute approximate surface area is 77.0 Å². The second-order valence-electron chi connectivity index (χ2n) is 2.71. The zero-order chi connectivity index (χ0) is 9.52. The maximum atomic E-state index is 12.4. The summed E-state index contributed by atoms with van der Waals surface area (Å²) in [5.74, 6) is 0.374. The maximum Gasteiger partial charge on any atom is 0.123 e. The molecule has 1 rings (SSSR count). The lowest BCUT2D eigenvalue weighted by molar-refractivity contribution is 0.178. The molecular formula is C10H12FO2. The van der Waals surface area contributed by atoms with Crippen LogP contribution in [-0.2, 0) is 5.11 Å². The van der Waals surface area contributed by atoms with Crippen LogP contribution in [0.5, 0.6) is 5.75 Å². The molecule has 2 nitrogen and oxygen atoms in total. The summed E-state index contributed by atoms with van der Waals surface area (Å²) in [6.45, 7) is 0.459. The Hall–Kier alpha value is -1.09. The van der Waals surface area contributed by atoms with Crippen molar-refractivity contribution in [3.8, 4) is 5.75 Å². The molecule has 3 heteroatoms. The first-order chi connectivity index (χ1) is 6.33. The van der Waals surface area contributed by atoms with Gasteiger partial charge in [-0.15, -0.1) is 0 Å². The van der Waals surface area contributed by atoms with E-state index in [4.69, 9.17) is 4.74 Å². The number of halogens is 1. The van der Waals surface area contributed by atoms with Gasteiger partial charge in [0, 0.05) is 0 Å². The van der Waals surface area contributed by atoms with E-state index in [-0.39, 0.29) is 12.4 Å². The zero-order valence-corrected chi connectivity index (χ0v) is 7.33. The summed E-state index contributed by atoms with van der Waals surface area (Å²) >= 11 is 0. The van der Waals surface area contributed by atoms with E-state index in [1.807, 2.05) is 0 Å². The van der Waals surface area contributed by atoms with E-state index in [2.05, 4.69) is 0 Å². The van der Waals surface area contributed by atoms with Crippen LogP contribution in [0.2, 0.25) is 0 Å². The van der Waals surface area contributed by atoms with E-state index < -0.39 is 0 Å². The normalized spacial score (nSPS) is 10.0. The molecule has 13 heavy (non-hydrogen) atoms. The minimum absolute atomic E-state index is 0.0627. The predicted molar refractivity (Wildman–Crippen MR) is 46.7 cm³/mol. The largest absolute Gasteiger partial charge is 0.494 e. The highest BCUT2D eigenvalue weighted by Gasteiger charge is 1.93. The van der Waals surface area contributed by atoms with Gasteiger partial charge in [0.1, 0.15) is 11.6 Å². The third-order valence-corrected chi connectivity index (χ3v) is 1.62. The van der Waals surface area contributed by atoms with Crippen molar-refractivity contribution < 1.29 is 14.2 Å². The topological polar surface area (TPSA) is 29.1 Å². The molecule has 1 aromatic carbocycles. The first kappa shape index (κ1) is 9.99. The van der Waals surface area contributed by atoms with Crippen LogP contribution in [0.15, 0.2) is 24.3 Å². The molecule has 0 aromatic heterocycles. The fourth-order valence-electron chi connectivity index (χ4n) is 0.925. The molecule has 1 radical (unpaired) electrons. The number of benzene rings is 1. The molecule has 0 bridgehead atoms. The van der Waals surface area contributed by atoms with Crippen molar-refractivity contribution >= 4 is 0 Å². The Morgan fingerprint density at radius 3 is 2.46 bits per heavy atom. The van der Waals surface area contributed by atoms with Crippen molar-refractivity contribution in [1.82, 2.24) is 0 Å². The van der Waals surface area contributed by atoms with E-state index in [0.29, 0.717) is 18.8 Å². The van der Waals surface area contributed by atoms with Gasteiger partial charge in [-0.2, -0.15) is 0 Å². The summed E-state index contributed by atoms with van der Waals surface area (Å²) in [5, 5.41) is 10.1. The molecule has 1 aromatic rings. The lowest BCUT2D eigenvalue weighted by atomic mass is 10.3. The molecule has 71 valence electrons. The number of hydrogen-bond donors (Lipinski definition) is 0. The van der Waals surface area contributed by atoms with Crippen LogP contribution >= 0.6 is 0 Å². The molecule has 0 spiro atoms. The number of rotatable bonds is 5. The van der Waals surface area contributed by atoms with Crippen LogP contribution in [0.25, 0.3) is 0 Å². The lowest BCUT2D eigenvalue weighted by Gasteiger charge is -2.04. The molecule has 0 N–H and O–H groups in total. The highest BCUT2D eigenvalue weighted by atomic mass is 19.1. The second kappa shape index (κ2) is 5.54. The van der Waals surface area contributed by atoms with E-state index in [1.165, 1.54) is 12.1 Å². The van der Waals surface area contributed by atoms with Gasteiger partial charge < -0.3 is 4.74 Å². The summed E-state index contributed by atoms with van der Waals surface area (Å²) in [4.78, 5) is 0. The Morgan fingerprint density at radius 2 is 1.85 bits per heavy atom. The maximum absolute atomic E-state index is 12.4. The fraction of sp³-hybridized carbons (Fsp3) is 0.400.